The Morgan fingerprint density at radius 1 is 1.11 bits per heavy atom. The van der Waals surface area contributed by atoms with Crippen molar-refractivity contribution < 1.29 is 14.0 Å². The minimum Gasteiger partial charge on any atom is -0.421 e. The third-order valence-corrected chi connectivity index (χ3v) is 4.73. The maximum absolute atomic E-state index is 12.3. The molecule has 3 nitrogen and oxygen atoms in total. The van der Waals surface area contributed by atoms with Crippen molar-refractivity contribution in [2.75, 3.05) is 0 Å². The molecule has 0 aliphatic carbocycles. The van der Waals surface area contributed by atoms with E-state index in [9.17, 15) is 9.46 Å². The van der Waals surface area contributed by atoms with E-state index < -0.39 is 7.60 Å². The Morgan fingerprint density at radius 3 is 2.61 bits per heavy atom. The molecular formula is C14H13O3P. The quantitative estimate of drug-likeness (QED) is 0.740. The second kappa shape index (κ2) is 3.71. The zero-order valence-electron chi connectivity index (χ0n) is 10.2. The second-order valence-corrected chi connectivity index (χ2v) is 6.26. The smallest absolute Gasteiger partial charge is 0.409 e. The van der Waals surface area contributed by atoms with Gasteiger partial charge < -0.3 is 9.42 Å². The van der Waals surface area contributed by atoms with Gasteiger partial charge >= 0.3 is 7.60 Å². The summed E-state index contributed by atoms with van der Waals surface area (Å²) < 4.78 is 17.6. The van der Waals surface area contributed by atoms with Crippen LogP contribution in [0.3, 0.4) is 0 Å². The van der Waals surface area contributed by atoms with Crippen LogP contribution in [0.1, 0.15) is 11.1 Å². The standard InChI is InChI=1S/C14H13O3P/c1-9-7-10(2)14-12(8-9)11-5-3-4-6-13(11)17-18(14,15)16/h3-8H,1-2H3,(H,15,16). The summed E-state index contributed by atoms with van der Waals surface area (Å²) in [6, 6.07) is 11.2. The molecule has 1 N–H and O–H groups in total. The molecule has 0 spiro atoms. The highest BCUT2D eigenvalue weighted by molar-refractivity contribution is 7.62. The van der Waals surface area contributed by atoms with Crippen LogP contribution in [-0.2, 0) is 4.57 Å². The molecule has 0 radical (unpaired) electrons. The van der Waals surface area contributed by atoms with Crippen LogP contribution in [0.15, 0.2) is 36.4 Å². The Hall–Kier alpha value is -1.57. The Bertz CT molecular complexity index is 691. The molecule has 3 rings (SSSR count). The predicted molar refractivity (Wildman–Crippen MR) is 71.4 cm³/mol. The molecule has 2 aromatic carbocycles. The molecule has 0 saturated heterocycles. The monoisotopic (exact) mass is 260 g/mol. The van der Waals surface area contributed by atoms with Crippen molar-refractivity contribution in [1.82, 2.24) is 0 Å². The molecule has 92 valence electrons. The first kappa shape index (κ1) is 11.5. The fraction of sp³-hybridized carbons (Fsp3) is 0.143. The van der Waals surface area contributed by atoms with Crippen molar-refractivity contribution in [2.24, 2.45) is 0 Å². The fourth-order valence-electron chi connectivity index (χ4n) is 2.49. The molecule has 0 amide bonds. The molecule has 1 aliphatic heterocycles. The maximum atomic E-state index is 12.3. The zero-order chi connectivity index (χ0) is 12.9. The van der Waals surface area contributed by atoms with Crippen LogP contribution in [-0.4, -0.2) is 4.89 Å². The van der Waals surface area contributed by atoms with E-state index in [4.69, 9.17) is 4.52 Å². The van der Waals surface area contributed by atoms with E-state index >= 15 is 0 Å². The molecule has 0 fully saturated rings. The van der Waals surface area contributed by atoms with Crippen LogP contribution in [0.4, 0.5) is 0 Å². The van der Waals surface area contributed by atoms with Crippen molar-refractivity contribution in [1.29, 1.82) is 0 Å². The van der Waals surface area contributed by atoms with Gasteiger partial charge in [0.05, 0.1) is 5.30 Å². The average Bonchev–Trinajstić information content (AvgIpc) is 2.26. The summed E-state index contributed by atoms with van der Waals surface area (Å²) in [5.41, 5.74) is 3.55. The van der Waals surface area contributed by atoms with Gasteiger partial charge in [0.25, 0.3) is 0 Å². The van der Waals surface area contributed by atoms with Crippen molar-refractivity contribution >= 4 is 12.9 Å². The maximum Gasteiger partial charge on any atom is 0.409 e. The fourth-order valence-corrected chi connectivity index (χ4v) is 4.00. The number of fused-ring (bicyclic) bond motifs is 3. The summed E-state index contributed by atoms with van der Waals surface area (Å²) in [6.45, 7) is 3.82. The first-order chi connectivity index (χ1) is 8.49. The van der Waals surface area contributed by atoms with Crippen molar-refractivity contribution in [3.05, 3.63) is 47.5 Å². The van der Waals surface area contributed by atoms with Gasteiger partial charge in [0.1, 0.15) is 5.75 Å². The summed E-state index contributed by atoms with van der Waals surface area (Å²) in [7, 11) is -3.77. The lowest BCUT2D eigenvalue weighted by atomic mass is 9.99. The van der Waals surface area contributed by atoms with Gasteiger partial charge in [-0.05, 0) is 25.5 Å². The highest BCUT2D eigenvalue weighted by Crippen LogP contribution is 2.52. The first-order valence-corrected chi connectivity index (χ1v) is 7.30. The average molecular weight is 260 g/mol. The second-order valence-electron chi connectivity index (χ2n) is 4.59. The van der Waals surface area contributed by atoms with Crippen LogP contribution < -0.4 is 9.83 Å². The summed E-state index contributed by atoms with van der Waals surface area (Å²) in [4.78, 5) is 10.1. The van der Waals surface area contributed by atoms with Crippen LogP contribution in [0, 0.1) is 13.8 Å². The van der Waals surface area contributed by atoms with Gasteiger partial charge in [0.15, 0.2) is 0 Å². The van der Waals surface area contributed by atoms with E-state index in [0.717, 1.165) is 22.3 Å². The Morgan fingerprint density at radius 2 is 1.83 bits per heavy atom. The molecule has 1 atom stereocenters. The van der Waals surface area contributed by atoms with E-state index in [-0.39, 0.29) is 0 Å². The van der Waals surface area contributed by atoms with Gasteiger partial charge in [-0.15, -0.1) is 0 Å². The third kappa shape index (κ3) is 1.59. The molecule has 1 heterocycles. The third-order valence-electron chi connectivity index (χ3n) is 3.13. The first-order valence-electron chi connectivity index (χ1n) is 5.72. The predicted octanol–water partition coefficient (Wildman–Crippen LogP) is 3.17. The highest BCUT2D eigenvalue weighted by atomic mass is 31.2. The van der Waals surface area contributed by atoms with Gasteiger partial charge in [-0.25, -0.2) is 4.57 Å². The van der Waals surface area contributed by atoms with Gasteiger partial charge in [0, 0.05) is 11.1 Å². The van der Waals surface area contributed by atoms with Crippen LogP contribution in [0.25, 0.3) is 11.1 Å². The summed E-state index contributed by atoms with van der Waals surface area (Å²) >= 11 is 0. The van der Waals surface area contributed by atoms with Gasteiger partial charge in [-0.1, -0.05) is 35.9 Å². The number of rotatable bonds is 0. The highest BCUT2D eigenvalue weighted by Gasteiger charge is 2.35. The molecule has 1 aliphatic rings. The Labute approximate surface area is 106 Å². The molecule has 2 aromatic rings. The van der Waals surface area contributed by atoms with E-state index in [2.05, 4.69) is 0 Å². The number of benzene rings is 2. The van der Waals surface area contributed by atoms with Crippen LogP contribution in [0.2, 0.25) is 0 Å². The van der Waals surface area contributed by atoms with E-state index in [1.165, 1.54) is 0 Å². The zero-order valence-corrected chi connectivity index (χ0v) is 11.1. The van der Waals surface area contributed by atoms with Crippen molar-refractivity contribution in [2.45, 2.75) is 13.8 Å². The van der Waals surface area contributed by atoms with E-state index in [1.807, 2.05) is 38.1 Å². The van der Waals surface area contributed by atoms with E-state index in [1.54, 1.807) is 12.1 Å². The largest absolute Gasteiger partial charge is 0.421 e. The van der Waals surface area contributed by atoms with Gasteiger partial charge in [0.2, 0.25) is 0 Å². The number of hydrogen-bond acceptors (Lipinski definition) is 2. The Kier molecular flexibility index (Phi) is 2.37. The number of hydrogen-bond donors (Lipinski definition) is 1. The normalized spacial score (nSPS) is 20.8. The van der Waals surface area contributed by atoms with E-state index in [0.29, 0.717) is 11.1 Å². The minimum absolute atomic E-state index is 0.423. The van der Waals surface area contributed by atoms with Crippen LogP contribution >= 0.6 is 7.60 Å². The van der Waals surface area contributed by atoms with Crippen molar-refractivity contribution in [3.63, 3.8) is 0 Å². The summed E-state index contributed by atoms with van der Waals surface area (Å²) in [5.74, 6) is 0.473. The molecule has 0 saturated carbocycles. The topological polar surface area (TPSA) is 46.5 Å². The SMILES string of the molecule is Cc1cc(C)c2c(c1)-c1ccccc1OP2(=O)O. The minimum atomic E-state index is -3.77. The molecule has 0 aromatic heterocycles. The van der Waals surface area contributed by atoms with Gasteiger partial charge in [-0.2, -0.15) is 0 Å². The summed E-state index contributed by atoms with van der Waals surface area (Å²) in [5, 5.41) is 0.423. The van der Waals surface area contributed by atoms with Crippen molar-refractivity contribution in [3.8, 4) is 16.9 Å². The molecular weight excluding hydrogens is 247 g/mol. The van der Waals surface area contributed by atoms with Gasteiger partial charge in [-0.3, -0.25) is 0 Å². The summed E-state index contributed by atoms with van der Waals surface area (Å²) in [6.07, 6.45) is 0. The number of aryl methyl sites for hydroxylation is 2. The lowest BCUT2D eigenvalue weighted by Crippen LogP contribution is -2.20. The Balaban J connectivity index is 2.43. The molecule has 18 heavy (non-hydrogen) atoms. The van der Waals surface area contributed by atoms with Crippen LogP contribution in [0.5, 0.6) is 5.75 Å². The molecule has 1 unspecified atom stereocenters. The lowest BCUT2D eigenvalue weighted by Gasteiger charge is -2.26. The number of para-hydroxylation sites is 1. The molecule has 0 bridgehead atoms. The molecule has 4 heteroatoms. The lowest BCUT2D eigenvalue weighted by molar-refractivity contribution is 0.392.